The van der Waals surface area contributed by atoms with Crippen LogP contribution < -0.4 is 0 Å². The number of H-pyrrole nitrogens is 1. The van der Waals surface area contributed by atoms with Gasteiger partial charge in [-0.25, -0.2) is 0 Å². The topological polar surface area (TPSA) is 39.6 Å². The quantitative estimate of drug-likeness (QED) is 0.530. The Labute approximate surface area is 88.2 Å². The van der Waals surface area contributed by atoms with Gasteiger partial charge >= 0.3 is 0 Å². The molecule has 4 heteroatoms. The number of nitriles is 1. The van der Waals surface area contributed by atoms with Crippen molar-refractivity contribution in [2.75, 3.05) is 0 Å². The molecule has 1 aromatic heterocycles. The van der Waals surface area contributed by atoms with Gasteiger partial charge < -0.3 is 4.98 Å². The Morgan fingerprint density at radius 3 is 2.54 bits per heavy atom. The Balaban J connectivity index is 0.000000671. The highest BCUT2D eigenvalue weighted by Crippen LogP contribution is 2.13. The van der Waals surface area contributed by atoms with Gasteiger partial charge in [-0.15, -0.1) is 0 Å². The highest BCUT2D eigenvalue weighted by atomic mass is 35.5. The monoisotopic (exact) mass is 214 g/mol. The van der Waals surface area contributed by atoms with Crippen molar-refractivity contribution in [1.82, 2.24) is 4.98 Å². The van der Waals surface area contributed by atoms with Gasteiger partial charge in [0, 0.05) is 0 Å². The highest BCUT2D eigenvalue weighted by molar-refractivity contribution is 7.71. The van der Waals surface area contributed by atoms with Crippen LogP contribution in [0.2, 0.25) is 5.15 Å². The van der Waals surface area contributed by atoms with Crippen molar-refractivity contribution < 1.29 is 0 Å². The van der Waals surface area contributed by atoms with E-state index in [2.05, 4.69) is 4.98 Å². The summed E-state index contributed by atoms with van der Waals surface area (Å²) in [5.41, 5.74) is 1.29. The number of rotatable bonds is 0. The Morgan fingerprint density at radius 1 is 1.54 bits per heavy atom. The first-order chi connectivity index (χ1) is 6.15. The molecule has 70 valence electrons. The minimum atomic E-state index is 0.308. The maximum atomic E-state index is 8.55. The van der Waals surface area contributed by atoms with E-state index in [4.69, 9.17) is 29.1 Å². The van der Waals surface area contributed by atoms with Crippen LogP contribution in [0.15, 0.2) is 6.07 Å². The molecule has 13 heavy (non-hydrogen) atoms. The third-order valence-corrected chi connectivity index (χ3v) is 2.02. The Kier molecular flexibility index (Phi) is 5.36. The van der Waals surface area contributed by atoms with E-state index in [1.807, 2.05) is 26.8 Å². The molecule has 0 saturated carbocycles. The minimum absolute atomic E-state index is 0.308. The lowest BCUT2D eigenvalue weighted by Crippen LogP contribution is -1.86. The highest BCUT2D eigenvalue weighted by Gasteiger charge is 1.99. The van der Waals surface area contributed by atoms with Gasteiger partial charge in [-0.3, -0.25) is 0 Å². The summed E-state index contributed by atoms with van der Waals surface area (Å²) in [6.45, 7) is 5.83. The molecule has 1 N–H and O–H groups in total. The fourth-order valence-electron chi connectivity index (χ4n) is 0.692. The van der Waals surface area contributed by atoms with E-state index >= 15 is 0 Å². The van der Waals surface area contributed by atoms with Crippen LogP contribution in [0.5, 0.6) is 0 Å². The summed E-state index contributed by atoms with van der Waals surface area (Å²) < 4.78 is 0.578. The molecule has 0 radical (unpaired) electrons. The fourth-order valence-corrected chi connectivity index (χ4v) is 1.10. The first kappa shape index (κ1) is 12.2. The molecule has 0 amide bonds. The lowest BCUT2D eigenvalue weighted by molar-refractivity contribution is 1.22. The number of hydrogen-bond acceptors (Lipinski definition) is 2. The van der Waals surface area contributed by atoms with Crippen molar-refractivity contribution in [1.29, 1.82) is 5.26 Å². The molecule has 0 aliphatic rings. The number of nitrogens with zero attached hydrogens (tertiary/aromatic N) is 1. The summed E-state index contributed by atoms with van der Waals surface area (Å²) in [6.07, 6.45) is 0. The van der Waals surface area contributed by atoms with E-state index in [0.29, 0.717) is 15.4 Å². The van der Waals surface area contributed by atoms with E-state index in [0.717, 1.165) is 5.56 Å². The number of pyridine rings is 1. The summed E-state index contributed by atoms with van der Waals surface area (Å²) in [6, 6.07) is 3.62. The van der Waals surface area contributed by atoms with Crippen molar-refractivity contribution in [2.45, 2.75) is 20.8 Å². The molecule has 0 bridgehead atoms. The first-order valence-corrected chi connectivity index (χ1v) is 4.73. The molecule has 0 saturated heterocycles. The smallest absolute Gasteiger partial charge is 0.125 e. The van der Waals surface area contributed by atoms with Crippen molar-refractivity contribution in [3.05, 3.63) is 27.0 Å². The van der Waals surface area contributed by atoms with Gasteiger partial charge in [0.1, 0.15) is 15.9 Å². The van der Waals surface area contributed by atoms with Crippen LogP contribution in [0.1, 0.15) is 25.0 Å². The zero-order chi connectivity index (χ0) is 10.4. The molecular weight excluding hydrogens is 204 g/mol. The number of nitrogens with one attached hydrogen (secondary N) is 1. The van der Waals surface area contributed by atoms with Crippen molar-refractivity contribution >= 4 is 23.8 Å². The second kappa shape index (κ2) is 5.74. The lowest BCUT2D eigenvalue weighted by atomic mass is 10.2. The van der Waals surface area contributed by atoms with Crippen LogP contribution in [0.4, 0.5) is 0 Å². The Hall–Kier alpha value is -0.850. The summed E-state index contributed by atoms with van der Waals surface area (Å²) in [4.78, 5) is 2.72. The molecule has 0 spiro atoms. The molecule has 0 aliphatic carbocycles. The molecule has 0 atom stereocenters. The van der Waals surface area contributed by atoms with Crippen LogP contribution in [-0.4, -0.2) is 4.98 Å². The van der Waals surface area contributed by atoms with Gasteiger partial charge in [-0.05, 0) is 18.6 Å². The maximum Gasteiger partial charge on any atom is 0.125 e. The average molecular weight is 215 g/mol. The zero-order valence-electron chi connectivity index (χ0n) is 7.81. The van der Waals surface area contributed by atoms with Gasteiger partial charge in [-0.2, -0.15) is 5.26 Å². The van der Waals surface area contributed by atoms with Crippen molar-refractivity contribution in [3.8, 4) is 6.07 Å². The number of aromatic amines is 1. The molecule has 1 aromatic rings. The standard InChI is InChI=1S/C7H5ClN2S.C2H6/c1-4-2-5(3-9)6(8)10-7(4)11;1-2/h2H,1H3,(H,10,11);1-2H3. The summed E-state index contributed by atoms with van der Waals surface area (Å²) in [5, 5.41) is 8.85. The number of halogens is 1. The second-order valence-corrected chi connectivity index (χ2v) is 2.91. The predicted octanol–water partition coefficient (Wildman–Crippen LogP) is 3.60. The summed E-state index contributed by atoms with van der Waals surface area (Å²) >= 11 is 10.6. The van der Waals surface area contributed by atoms with Gasteiger partial charge in [0.15, 0.2) is 0 Å². The second-order valence-electron chi connectivity index (χ2n) is 2.12. The molecule has 0 unspecified atom stereocenters. The van der Waals surface area contributed by atoms with E-state index in [1.54, 1.807) is 6.07 Å². The van der Waals surface area contributed by atoms with Gasteiger partial charge in [-0.1, -0.05) is 37.7 Å². The van der Waals surface area contributed by atoms with Crippen LogP contribution in [0.3, 0.4) is 0 Å². The molecule has 1 heterocycles. The molecule has 0 aromatic carbocycles. The van der Waals surface area contributed by atoms with Crippen molar-refractivity contribution in [3.63, 3.8) is 0 Å². The van der Waals surface area contributed by atoms with Crippen LogP contribution in [0, 0.1) is 22.9 Å². The molecular formula is C9H11ClN2S. The molecule has 0 aliphatic heterocycles. The van der Waals surface area contributed by atoms with E-state index in [1.165, 1.54) is 0 Å². The fraction of sp³-hybridized carbons (Fsp3) is 0.333. The first-order valence-electron chi connectivity index (χ1n) is 3.94. The van der Waals surface area contributed by atoms with Crippen LogP contribution in [-0.2, 0) is 0 Å². The lowest BCUT2D eigenvalue weighted by Gasteiger charge is -1.96. The number of aryl methyl sites for hydroxylation is 1. The third kappa shape index (κ3) is 3.17. The largest absolute Gasteiger partial charge is 0.336 e. The zero-order valence-corrected chi connectivity index (χ0v) is 9.38. The third-order valence-electron chi connectivity index (χ3n) is 1.30. The van der Waals surface area contributed by atoms with Gasteiger partial charge in [0.25, 0.3) is 0 Å². The SMILES string of the molecule is CC.Cc1cc(C#N)c(Cl)[nH]c1=S. The Bertz CT molecular complexity index is 376. The van der Waals surface area contributed by atoms with E-state index in [9.17, 15) is 0 Å². The van der Waals surface area contributed by atoms with Crippen LogP contribution >= 0.6 is 23.8 Å². The Morgan fingerprint density at radius 2 is 2.08 bits per heavy atom. The van der Waals surface area contributed by atoms with Crippen molar-refractivity contribution in [2.24, 2.45) is 0 Å². The number of hydrogen-bond donors (Lipinski definition) is 1. The summed E-state index contributed by atoms with van der Waals surface area (Å²) in [7, 11) is 0. The molecule has 2 nitrogen and oxygen atoms in total. The normalized spacial score (nSPS) is 8.23. The predicted molar refractivity (Wildman–Crippen MR) is 57.4 cm³/mol. The van der Waals surface area contributed by atoms with Crippen LogP contribution in [0.25, 0.3) is 0 Å². The molecule has 1 rings (SSSR count). The summed E-state index contributed by atoms with van der Waals surface area (Å²) in [5.74, 6) is 0. The van der Waals surface area contributed by atoms with Gasteiger partial charge in [0.2, 0.25) is 0 Å². The van der Waals surface area contributed by atoms with E-state index in [-0.39, 0.29) is 0 Å². The maximum absolute atomic E-state index is 8.55. The average Bonchev–Trinajstić information content (AvgIpc) is 2.15. The van der Waals surface area contributed by atoms with E-state index < -0.39 is 0 Å². The molecule has 0 fully saturated rings. The van der Waals surface area contributed by atoms with Gasteiger partial charge in [0.05, 0.1) is 5.56 Å². The number of aromatic nitrogens is 1. The minimum Gasteiger partial charge on any atom is -0.336 e.